The molecule has 0 aliphatic rings. The number of carbonyl (C=O) groups excluding carboxylic acids is 1. The van der Waals surface area contributed by atoms with E-state index >= 15 is 0 Å². The van der Waals surface area contributed by atoms with Crippen molar-refractivity contribution in [3.05, 3.63) is 54.0 Å². The Labute approximate surface area is 132 Å². The van der Waals surface area contributed by atoms with Crippen molar-refractivity contribution >= 4 is 23.4 Å². The van der Waals surface area contributed by atoms with E-state index in [2.05, 4.69) is 10.3 Å². The predicted molar refractivity (Wildman–Crippen MR) is 83.1 cm³/mol. The molecule has 0 aliphatic carbocycles. The second kappa shape index (κ2) is 7.35. The summed E-state index contributed by atoms with van der Waals surface area (Å²) in [6, 6.07) is 8.98. The van der Waals surface area contributed by atoms with Crippen LogP contribution in [0.2, 0.25) is 0 Å². The molecule has 0 spiro atoms. The topological polar surface area (TPSA) is 82.5 Å². The summed E-state index contributed by atoms with van der Waals surface area (Å²) in [4.78, 5) is 28.4. The zero-order valence-electron chi connectivity index (χ0n) is 12.5. The first kappa shape index (κ1) is 16.4. The number of carboxylic acid groups (broad SMARTS) is 1. The second-order valence-electron chi connectivity index (χ2n) is 4.91. The molecule has 1 amide bonds. The maximum absolute atomic E-state index is 13.2. The molecule has 0 unspecified atom stereocenters. The maximum atomic E-state index is 13.2. The Hall–Kier alpha value is -2.96. The third-order valence-electron chi connectivity index (χ3n) is 3.13. The predicted octanol–water partition coefficient (Wildman–Crippen LogP) is 2.51. The minimum atomic E-state index is -0.978. The Morgan fingerprint density at radius 1 is 1.30 bits per heavy atom. The number of carboxylic acids is 1. The van der Waals surface area contributed by atoms with Gasteiger partial charge < -0.3 is 15.3 Å². The Kier molecular flexibility index (Phi) is 5.24. The lowest BCUT2D eigenvalue weighted by molar-refractivity contribution is -0.137. The van der Waals surface area contributed by atoms with E-state index in [-0.39, 0.29) is 30.3 Å². The van der Waals surface area contributed by atoms with Gasteiger partial charge in [0.25, 0.3) is 5.91 Å². The van der Waals surface area contributed by atoms with E-state index in [0.717, 1.165) is 0 Å². The highest BCUT2D eigenvalue weighted by Crippen LogP contribution is 2.20. The monoisotopic (exact) mass is 317 g/mol. The molecule has 7 heteroatoms. The first-order chi connectivity index (χ1) is 11.0. The fourth-order valence-electron chi connectivity index (χ4n) is 1.95. The van der Waals surface area contributed by atoms with Gasteiger partial charge in [0.05, 0.1) is 12.0 Å². The fourth-order valence-corrected chi connectivity index (χ4v) is 1.95. The lowest BCUT2D eigenvalue weighted by Gasteiger charge is -2.18. The molecular formula is C16H16FN3O3. The van der Waals surface area contributed by atoms with Crippen LogP contribution >= 0.6 is 0 Å². The highest BCUT2D eigenvalue weighted by Gasteiger charge is 2.17. The average Bonchev–Trinajstić information content (AvgIpc) is 2.52. The van der Waals surface area contributed by atoms with Crippen molar-refractivity contribution in [3.8, 4) is 0 Å². The van der Waals surface area contributed by atoms with E-state index in [1.54, 1.807) is 24.3 Å². The van der Waals surface area contributed by atoms with Crippen molar-refractivity contribution in [1.29, 1.82) is 0 Å². The molecule has 0 fully saturated rings. The maximum Gasteiger partial charge on any atom is 0.305 e. The van der Waals surface area contributed by atoms with Gasteiger partial charge in [-0.15, -0.1) is 0 Å². The number of benzene rings is 1. The van der Waals surface area contributed by atoms with Crippen LogP contribution in [0.1, 0.15) is 16.8 Å². The van der Waals surface area contributed by atoms with Gasteiger partial charge in [0.1, 0.15) is 11.6 Å². The Morgan fingerprint density at radius 2 is 2.09 bits per heavy atom. The number of anilines is 2. The number of nitrogens with one attached hydrogen (secondary N) is 1. The molecule has 6 nitrogen and oxygen atoms in total. The summed E-state index contributed by atoms with van der Waals surface area (Å²) < 4.78 is 13.2. The van der Waals surface area contributed by atoms with E-state index in [1.165, 1.54) is 30.3 Å². The first-order valence-corrected chi connectivity index (χ1v) is 6.92. The van der Waals surface area contributed by atoms with Gasteiger partial charge in [-0.25, -0.2) is 9.37 Å². The minimum absolute atomic E-state index is 0.0858. The third kappa shape index (κ3) is 4.50. The highest BCUT2D eigenvalue weighted by molar-refractivity contribution is 5.99. The molecule has 0 atom stereocenters. The summed E-state index contributed by atoms with van der Waals surface area (Å²) in [5, 5.41) is 11.6. The normalized spacial score (nSPS) is 10.2. The number of aromatic nitrogens is 1. The molecule has 0 aliphatic heterocycles. The summed E-state index contributed by atoms with van der Waals surface area (Å²) in [6.45, 7) is 0.0858. The third-order valence-corrected chi connectivity index (χ3v) is 3.13. The summed E-state index contributed by atoms with van der Waals surface area (Å²) >= 11 is 0. The number of rotatable bonds is 6. The van der Waals surface area contributed by atoms with Crippen LogP contribution in [0, 0.1) is 5.82 Å². The lowest BCUT2D eigenvalue weighted by Crippen LogP contribution is -2.29. The second-order valence-corrected chi connectivity index (χ2v) is 4.91. The van der Waals surface area contributed by atoms with Crippen LogP contribution < -0.4 is 5.32 Å². The van der Waals surface area contributed by atoms with Gasteiger partial charge >= 0.3 is 5.97 Å². The van der Waals surface area contributed by atoms with Gasteiger partial charge in [-0.1, -0.05) is 6.07 Å². The van der Waals surface area contributed by atoms with Crippen LogP contribution in [-0.4, -0.2) is 40.5 Å². The summed E-state index contributed by atoms with van der Waals surface area (Å²) in [7, 11) is 1.52. The zero-order chi connectivity index (χ0) is 16.8. The van der Waals surface area contributed by atoms with Gasteiger partial charge in [-0.05, 0) is 30.3 Å². The molecule has 2 aromatic rings. The van der Waals surface area contributed by atoms with Crippen LogP contribution in [0.4, 0.5) is 15.9 Å². The minimum Gasteiger partial charge on any atom is -0.481 e. The number of pyridine rings is 1. The standard InChI is InChI=1S/C16H16FN3O3/c1-20(9-7-14(21)22)16(23)13-6-3-8-18-15(13)19-12-5-2-4-11(17)10-12/h2-6,8,10H,7,9H2,1H3,(H,18,19)(H,21,22). The summed E-state index contributed by atoms with van der Waals surface area (Å²) in [6.07, 6.45) is 1.37. The number of carbonyl (C=O) groups is 2. The van der Waals surface area contributed by atoms with E-state index in [9.17, 15) is 14.0 Å². The number of nitrogens with zero attached hydrogens (tertiary/aromatic N) is 2. The van der Waals surface area contributed by atoms with Crippen LogP contribution in [-0.2, 0) is 4.79 Å². The molecule has 0 bridgehead atoms. The Bertz CT molecular complexity index is 721. The Morgan fingerprint density at radius 3 is 2.78 bits per heavy atom. The van der Waals surface area contributed by atoms with E-state index in [4.69, 9.17) is 5.11 Å². The number of amides is 1. The molecule has 1 heterocycles. The van der Waals surface area contributed by atoms with Crippen LogP contribution in [0.15, 0.2) is 42.6 Å². The number of aliphatic carboxylic acids is 1. The molecule has 0 radical (unpaired) electrons. The number of hydrogen-bond donors (Lipinski definition) is 2. The van der Waals surface area contributed by atoms with Gasteiger partial charge in [-0.2, -0.15) is 0 Å². The summed E-state index contributed by atoms with van der Waals surface area (Å²) in [5.41, 5.74) is 0.746. The van der Waals surface area contributed by atoms with E-state index in [1.807, 2.05) is 0 Å². The van der Waals surface area contributed by atoms with Crippen molar-refractivity contribution in [2.75, 3.05) is 18.9 Å². The molecule has 1 aromatic carbocycles. The van der Waals surface area contributed by atoms with Crippen LogP contribution in [0.3, 0.4) is 0 Å². The smallest absolute Gasteiger partial charge is 0.305 e. The fraction of sp³-hybridized carbons (Fsp3) is 0.188. The molecule has 1 aromatic heterocycles. The molecule has 23 heavy (non-hydrogen) atoms. The first-order valence-electron chi connectivity index (χ1n) is 6.92. The van der Waals surface area contributed by atoms with Crippen molar-refractivity contribution in [2.45, 2.75) is 6.42 Å². The number of halogens is 1. The number of hydrogen-bond acceptors (Lipinski definition) is 4. The molecule has 0 saturated carbocycles. The summed E-state index contributed by atoms with van der Waals surface area (Å²) in [5.74, 6) is -1.46. The van der Waals surface area contributed by atoms with Gasteiger partial charge in [-0.3, -0.25) is 9.59 Å². The van der Waals surface area contributed by atoms with Crippen molar-refractivity contribution in [2.24, 2.45) is 0 Å². The molecule has 2 N–H and O–H groups in total. The zero-order valence-corrected chi connectivity index (χ0v) is 12.5. The van der Waals surface area contributed by atoms with Gasteiger partial charge in [0, 0.05) is 25.5 Å². The van der Waals surface area contributed by atoms with E-state index < -0.39 is 11.8 Å². The van der Waals surface area contributed by atoms with Crippen LogP contribution in [0.25, 0.3) is 0 Å². The van der Waals surface area contributed by atoms with Crippen LogP contribution in [0.5, 0.6) is 0 Å². The Balaban J connectivity index is 2.19. The molecule has 0 saturated heterocycles. The van der Waals surface area contributed by atoms with Crippen molar-refractivity contribution in [1.82, 2.24) is 9.88 Å². The molecule has 120 valence electrons. The lowest BCUT2D eigenvalue weighted by atomic mass is 10.2. The van der Waals surface area contributed by atoms with E-state index in [0.29, 0.717) is 5.69 Å². The van der Waals surface area contributed by atoms with Gasteiger partial charge in [0.2, 0.25) is 0 Å². The van der Waals surface area contributed by atoms with Gasteiger partial charge in [0.15, 0.2) is 0 Å². The average molecular weight is 317 g/mol. The SMILES string of the molecule is CN(CCC(=O)O)C(=O)c1cccnc1Nc1cccc(F)c1. The van der Waals surface area contributed by atoms with Crippen molar-refractivity contribution < 1.29 is 19.1 Å². The largest absolute Gasteiger partial charge is 0.481 e. The highest BCUT2D eigenvalue weighted by atomic mass is 19.1. The van der Waals surface area contributed by atoms with Crippen molar-refractivity contribution in [3.63, 3.8) is 0 Å². The quantitative estimate of drug-likeness (QED) is 0.855. The molecule has 2 rings (SSSR count). The molecular weight excluding hydrogens is 301 g/mol.